The van der Waals surface area contributed by atoms with Crippen LogP contribution in [0.5, 0.6) is 0 Å². The molecule has 152 valence electrons. The summed E-state index contributed by atoms with van der Waals surface area (Å²) in [5, 5.41) is 0. The Kier molecular flexibility index (Phi) is 7.87. The third kappa shape index (κ3) is 5.61. The molecular weight excluding hydrogens is 430 g/mol. The van der Waals surface area contributed by atoms with Crippen molar-refractivity contribution in [2.24, 2.45) is 0 Å². The molecule has 0 unspecified atom stereocenters. The number of allylic oxidation sites excluding steroid dienone is 5. The Balaban J connectivity index is 1.98. The maximum atomic E-state index is 3.88. The van der Waals surface area contributed by atoms with Gasteiger partial charge in [-0.2, -0.15) is 0 Å². The van der Waals surface area contributed by atoms with E-state index in [1.165, 1.54) is 16.7 Å². The lowest BCUT2D eigenvalue weighted by atomic mass is 10.0. The smallest absolute Gasteiger partial charge is 0.0462 e. The van der Waals surface area contributed by atoms with Gasteiger partial charge in [0.15, 0.2) is 0 Å². The fourth-order valence-electron chi connectivity index (χ4n) is 3.36. The van der Waals surface area contributed by atoms with E-state index in [0.29, 0.717) is 0 Å². The van der Waals surface area contributed by atoms with Gasteiger partial charge in [-0.15, -0.1) is 0 Å². The van der Waals surface area contributed by atoms with Crippen molar-refractivity contribution in [2.75, 3.05) is 4.90 Å². The van der Waals surface area contributed by atoms with Crippen LogP contribution in [-0.4, -0.2) is 0 Å². The van der Waals surface area contributed by atoms with Gasteiger partial charge in [0, 0.05) is 21.5 Å². The Morgan fingerprint density at radius 1 is 0.833 bits per heavy atom. The van der Waals surface area contributed by atoms with Gasteiger partial charge < -0.3 is 4.90 Å². The molecule has 0 fully saturated rings. The number of halogens is 1. The summed E-state index contributed by atoms with van der Waals surface area (Å²) < 4.78 is 1.07. The largest absolute Gasteiger partial charge is 0.311 e. The lowest BCUT2D eigenvalue weighted by molar-refractivity contribution is 1.20. The number of benzene rings is 3. The van der Waals surface area contributed by atoms with Gasteiger partial charge in [0.2, 0.25) is 0 Å². The second-order valence-corrected chi connectivity index (χ2v) is 8.12. The Morgan fingerprint density at radius 2 is 1.37 bits per heavy atom. The minimum atomic E-state index is 0.910. The van der Waals surface area contributed by atoms with Gasteiger partial charge in [0.1, 0.15) is 0 Å². The van der Waals surface area contributed by atoms with Gasteiger partial charge >= 0.3 is 0 Å². The predicted octanol–water partition coefficient (Wildman–Crippen LogP) is 9.15. The molecular formula is C28H28BrN. The van der Waals surface area contributed by atoms with E-state index in [4.69, 9.17) is 0 Å². The van der Waals surface area contributed by atoms with Crippen molar-refractivity contribution in [3.05, 3.63) is 119 Å². The molecule has 0 saturated heterocycles. The molecule has 0 radical (unpaired) electrons. The summed E-state index contributed by atoms with van der Waals surface area (Å²) >= 11 is 3.54. The fraction of sp³-hybridized carbons (Fsp3) is 0.143. The standard InChI is InChI=1S/C28H28BrN/c1-4-6-7-9-23(8-5-2)24-12-18-27(19-13-24)30(26-16-10-22(3)11-17-26)28-20-14-25(29)15-21-28/h5-8,10-21H,2,4,9H2,1,3H3/b7-6-,23-8+. The summed E-state index contributed by atoms with van der Waals surface area (Å²) in [6.07, 6.45) is 10.4. The van der Waals surface area contributed by atoms with Crippen molar-refractivity contribution in [1.82, 2.24) is 0 Å². The van der Waals surface area contributed by atoms with Gasteiger partial charge in [-0.25, -0.2) is 0 Å². The lowest BCUT2D eigenvalue weighted by Crippen LogP contribution is -2.09. The molecule has 0 aliphatic heterocycles. The second-order valence-electron chi connectivity index (χ2n) is 7.21. The third-order valence-electron chi connectivity index (χ3n) is 4.93. The zero-order valence-electron chi connectivity index (χ0n) is 17.7. The normalized spacial score (nSPS) is 11.6. The molecule has 3 aromatic rings. The Bertz CT molecular complexity index is 964. The number of aryl methyl sites for hydroxylation is 1. The van der Waals surface area contributed by atoms with Crippen LogP contribution in [0.4, 0.5) is 17.1 Å². The van der Waals surface area contributed by atoms with Crippen molar-refractivity contribution in [2.45, 2.75) is 26.7 Å². The van der Waals surface area contributed by atoms with Crippen LogP contribution >= 0.6 is 15.9 Å². The van der Waals surface area contributed by atoms with E-state index in [-0.39, 0.29) is 0 Å². The Labute approximate surface area is 189 Å². The van der Waals surface area contributed by atoms with Crippen LogP contribution in [-0.2, 0) is 0 Å². The molecule has 0 spiro atoms. The number of nitrogens with zero attached hydrogens (tertiary/aromatic N) is 1. The average molecular weight is 458 g/mol. The summed E-state index contributed by atoms with van der Waals surface area (Å²) in [5.74, 6) is 0. The molecule has 0 atom stereocenters. The molecule has 3 aromatic carbocycles. The summed E-state index contributed by atoms with van der Waals surface area (Å²) in [7, 11) is 0. The zero-order chi connectivity index (χ0) is 21.3. The van der Waals surface area contributed by atoms with Crippen LogP contribution in [0.2, 0.25) is 0 Å². The van der Waals surface area contributed by atoms with Crippen LogP contribution in [0.25, 0.3) is 5.57 Å². The lowest BCUT2D eigenvalue weighted by Gasteiger charge is -2.26. The third-order valence-corrected chi connectivity index (χ3v) is 5.46. The quantitative estimate of drug-likeness (QED) is 0.240. The first kappa shape index (κ1) is 21.9. The topological polar surface area (TPSA) is 3.24 Å². The maximum Gasteiger partial charge on any atom is 0.0462 e. The van der Waals surface area contributed by atoms with E-state index >= 15 is 0 Å². The highest BCUT2D eigenvalue weighted by molar-refractivity contribution is 9.10. The number of rotatable bonds is 8. The minimum absolute atomic E-state index is 0.910. The highest BCUT2D eigenvalue weighted by Crippen LogP contribution is 2.36. The zero-order valence-corrected chi connectivity index (χ0v) is 19.3. The molecule has 2 heteroatoms. The number of hydrogen-bond acceptors (Lipinski definition) is 1. The summed E-state index contributed by atoms with van der Waals surface area (Å²) in [6.45, 7) is 8.15. The van der Waals surface area contributed by atoms with Gasteiger partial charge in [-0.3, -0.25) is 0 Å². The summed E-state index contributed by atoms with van der Waals surface area (Å²) in [6, 6.07) is 25.9. The van der Waals surface area contributed by atoms with E-state index in [1.54, 1.807) is 0 Å². The van der Waals surface area contributed by atoms with Crippen molar-refractivity contribution in [3.63, 3.8) is 0 Å². The molecule has 0 bridgehead atoms. The highest BCUT2D eigenvalue weighted by Gasteiger charge is 2.12. The van der Waals surface area contributed by atoms with Gasteiger partial charge in [-0.1, -0.05) is 83.6 Å². The van der Waals surface area contributed by atoms with Crippen LogP contribution in [0.3, 0.4) is 0 Å². The molecule has 0 heterocycles. The Morgan fingerprint density at radius 3 is 1.90 bits per heavy atom. The first-order chi connectivity index (χ1) is 14.6. The van der Waals surface area contributed by atoms with Crippen molar-refractivity contribution >= 4 is 38.6 Å². The number of hydrogen-bond donors (Lipinski definition) is 0. The van der Waals surface area contributed by atoms with Crippen molar-refractivity contribution in [3.8, 4) is 0 Å². The van der Waals surface area contributed by atoms with E-state index < -0.39 is 0 Å². The SMILES string of the molecule is C=C/C=C(\C/C=C\CC)c1ccc(N(c2ccc(C)cc2)c2ccc(Br)cc2)cc1. The highest BCUT2D eigenvalue weighted by atomic mass is 79.9. The molecule has 0 aromatic heterocycles. The van der Waals surface area contributed by atoms with Crippen LogP contribution in [0.15, 0.2) is 108 Å². The monoisotopic (exact) mass is 457 g/mol. The molecule has 3 rings (SSSR count). The van der Waals surface area contributed by atoms with E-state index in [2.05, 4.69) is 132 Å². The molecule has 0 amide bonds. The summed E-state index contributed by atoms with van der Waals surface area (Å²) in [4.78, 5) is 2.28. The first-order valence-corrected chi connectivity index (χ1v) is 11.1. The molecule has 0 aliphatic rings. The van der Waals surface area contributed by atoms with Gasteiger partial charge in [-0.05, 0) is 79.4 Å². The van der Waals surface area contributed by atoms with Crippen molar-refractivity contribution in [1.29, 1.82) is 0 Å². The fourth-order valence-corrected chi connectivity index (χ4v) is 3.62. The van der Waals surface area contributed by atoms with E-state index in [1.807, 2.05) is 6.08 Å². The first-order valence-electron chi connectivity index (χ1n) is 10.3. The van der Waals surface area contributed by atoms with Gasteiger partial charge in [0.25, 0.3) is 0 Å². The van der Waals surface area contributed by atoms with Crippen molar-refractivity contribution < 1.29 is 0 Å². The predicted molar refractivity (Wildman–Crippen MR) is 136 cm³/mol. The van der Waals surface area contributed by atoms with Crippen LogP contribution in [0.1, 0.15) is 30.9 Å². The van der Waals surface area contributed by atoms with E-state index in [9.17, 15) is 0 Å². The minimum Gasteiger partial charge on any atom is -0.311 e. The summed E-state index contributed by atoms with van der Waals surface area (Å²) in [5.41, 5.74) is 7.15. The molecule has 0 N–H and O–H groups in total. The van der Waals surface area contributed by atoms with Crippen LogP contribution in [0, 0.1) is 6.92 Å². The second kappa shape index (κ2) is 10.8. The molecule has 1 nitrogen and oxygen atoms in total. The molecule has 30 heavy (non-hydrogen) atoms. The molecule has 0 saturated carbocycles. The Hall–Kier alpha value is -2.84. The number of anilines is 3. The maximum absolute atomic E-state index is 3.88. The van der Waals surface area contributed by atoms with Gasteiger partial charge in [0.05, 0.1) is 0 Å². The van der Waals surface area contributed by atoms with Crippen LogP contribution < -0.4 is 4.90 Å². The average Bonchev–Trinajstić information content (AvgIpc) is 2.77. The molecule has 0 aliphatic carbocycles. The van der Waals surface area contributed by atoms with E-state index in [0.717, 1.165) is 34.4 Å².